The van der Waals surface area contributed by atoms with E-state index in [0.29, 0.717) is 6.42 Å². The molecule has 2 heterocycles. The number of carbonyl (C=O) groups is 2. The Morgan fingerprint density at radius 3 is 2.75 bits per heavy atom. The monoisotopic (exact) mass is 291 g/mol. The first-order chi connectivity index (χ1) is 9.60. The van der Waals surface area contributed by atoms with Crippen molar-refractivity contribution >= 4 is 23.6 Å². The molecular weight excluding hydrogens is 274 g/mol. The van der Waals surface area contributed by atoms with Crippen LogP contribution in [0.2, 0.25) is 0 Å². The molecule has 20 heavy (non-hydrogen) atoms. The average molecular weight is 291 g/mol. The van der Waals surface area contributed by atoms with Gasteiger partial charge in [0.05, 0.1) is 5.92 Å². The van der Waals surface area contributed by atoms with Crippen molar-refractivity contribution in [2.75, 3.05) is 0 Å². The van der Waals surface area contributed by atoms with E-state index in [4.69, 9.17) is 0 Å². The molecule has 0 bridgehead atoms. The van der Waals surface area contributed by atoms with Crippen LogP contribution < -0.4 is 0 Å². The van der Waals surface area contributed by atoms with Crippen molar-refractivity contribution in [1.29, 1.82) is 0 Å². The first kappa shape index (κ1) is 13.5. The summed E-state index contributed by atoms with van der Waals surface area (Å²) in [5.41, 5.74) is 0. The number of hydrogen-bond acceptors (Lipinski definition) is 3. The van der Waals surface area contributed by atoms with E-state index >= 15 is 0 Å². The maximum Gasteiger partial charge on any atom is 0.340 e. The van der Waals surface area contributed by atoms with Gasteiger partial charge in [-0.05, 0) is 31.4 Å². The highest BCUT2D eigenvalue weighted by atomic mass is 32.2. The lowest BCUT2D eigenvalue weighted by Gasteiger charge is -2.48. The summed E-state index contributed by atoms with van der Waals surface area (Å²) in [4.78, 5) is 25.5. The molecule has 1 aromatic rings. The highest BCUT2D eigenvalue weighted by Crippen LogP contribution is 2.53. The SMILES string of the molecule is CCC1C(=O)N2[C@@H]1CCC2(Sc1ccccc1)C(=O)O. The van der Waals surface area contributed by atoms with Crippen LogP contribution in [0, 0.1) is 5.92 Å². The quantitative estimate of drug-likeness (QED) is 0.866. The van der Waals surface area contributed by atoms with Crippen molar-refractivity contribution in [3.05, 3.63) is 30.3 Å². The molecule has 1 amide bonds. The molecule has 106 valence electrons. The average Bonchev–Trinajstić information content (AvgIpc) is 2.76. The molecular formula is C15H17NO3S. The Morgan fingerprint density at radius 2 is 2.15 bits per heavy atom. The van der Waals surface area contributed by atoms with Crippen molar-refractivity contribution in [3.8, 4) is 0 Å². The van der Waals surface area contributed by atoms with Crippen molar-refractivity contribution < 1.29 is 14.7 Å². The summed E-state index contributed by atoms with van der Waals surface area (Å²) in [6, 6.07) is 9.57. The fourth-order valence-electron chi connectivity index (χ4n) is 3.33. The molecule has 0 radical (unpaired) electrons. The molecule has 0 spiro atoms. The molecule has 2 saturated heterocycles. The third kappa shape index (κ3) is 1.76. The Kier molecular flexibility index (Phi) is 3.24. The van der Waals surface area contributed by atoms with Crippen molar-refractivity contribution in [1.82, 2.24) is 4.90 Å². The molecule has 5 heteroatoms. The molecule has 2 unspecified atom stereocenters. The largest absolute Gasteiger partial charge is 0.479 e. The summed E-state index contributed by atoms with van der Waals surface area (Å²) in [5, 5.41) is 9.71. The van der Waals surface area contributed by atoms with Gasteiger partial charge in [0, 0.05) is 10.9 Å². The Labute approximate surface area is 122 Å². The van der Waals surface area contributed by atoms with Gasteiger partial charge in [-0.2, -0.15) is 0 Å². The van der Waals surface area contributed by atoms with E-state index in [1.807, 2.05) is 37.3 Å². The number of amides is 1. The van der Waals surface area contributed by atoms with Crippen LogP contribution in [0.3, 0.4) is 0 Å². The maximum atomic E-state index is 12.2. The van der Waals surface area contributed by atoms with Crippen LogP contribution in [0.1, 0.15) is 26.2 Å². The molecule has 1 aromatic carbocycles. The zero-order chi connectivity index (χ0) is 14.3. The molecule has 3 rings (SSSR count). The van der Waals surface area contributed by atoms with E-state index < -0.39 is 10.8 Å². The molecule has 3 atom stereocenters. The van der Waals surface area contributed by atoms with Gasteiger partial charge in [-0.15, -0.1) is 0 Å². The summed E-state index contributed by atoms with van der Waals surface area (Å²) in [6.45, 7) is 1.99. The van der Waals surface area contributed by atoms with Crippen LogP contribution in [0.5, 0.6) is 0 Å². The van der Waals surface area contributed by atoms with Crippen molar-refractivity contribution in [3.63, 3.8) is 0 Å². The van der Waals surface area contributed by atoms with Crippen LogP contribution in [0.25, 0.3) is 0 Å². The number of carboxylic acid groups (broad SMARTS) is 1. The van der Waals surface area contributed by atoms with Crippen molar-refractivity contribution in [2.45, 2.75) is 42.0 Å². The van der Waals surface area contributed by atoms with Crippen LogP contribution in [0.15, 0.2) is 35.2 Å². The number of fused-ring (bicyclic) bond motifs is 1. The maximum absolute atomic E-state index is 12.2. The fraction of sp³-hybridized carbons (Fsp3) is 0.467. The number of thioether (sulfide) groups is 1. The Balaban J connectivity index is 1.91. The van der Waals surface area contributed by atoms with E-state index in [2.05, 4.69) is 0 Å². The smallest absolute Gasteiger partial charge is 0.340 e. The third-order valence-corrected chi connectivity index (χ3v) is 5.74. The topological polar surface area (TPSA) is 57.6 Å². The van der Waals surface area contributed by atoms with Gasteiger partial charge in [-0.25, -0.2) is 4.79 Å². The molecule has 1 N–H and O–H groups in total. The lowest BCUT2D eigenvalue weighted by atomic mass is 9.86. The summed E-state index contributed by atoms with van der Waals surface area (Å²) in [7, 11) is 0. The highest BCUT2D eigenvalue weighted by Gasteiger charge is 2.64. The fourth-order valence-corrected chi connectivity index (χ4v) is 4.64. The van der Waals surface area contributed by atoms with Crippen LogP contribution in [0.4, 0.5) is 0 Å². The van der Waals surface area contributed by atoms with Gasteiger partial charge < -0.3 is 10.0 Å². The first-order valence-corrected chi connectivity index (χ1v) is 7.72. The van der Waals surface area contributed by atoms with Crippen molar-refractivity contribution in [2.24, 2.45) is 5.92 Å². The number of aliphatic carboxylic acids is 1. The summed E-state index contributed by atoms with van der Waals surface area (Å²) in [5.74, 6) is -0.884. The number of rotatable bonds is 4. The number of carboxylic acids is 1. The molecule has 0 saturated carbocycles. The van der Waals surface area contributed by atoms with E-state index in [1.165, 1.54) is 11.8 Å². The molecule has 0 aromatic heterocycles. The molecule has 2 aliphatic rings. The first-order valence-electron chi connectivity index (χ1n) is 6.91. The predicted molar refractivity (Wildman–Crippen MR) is 76.3 cm³/mol. The number of β-lactam (4-membered cyclic amide) rings is 1. The lowest BCUT2D eigenvalue weighted by Crippen LogP contribution is -2.65. The Bertz CT molecular complexity index is 547. The lowest BCUT2D eigenvalue weighted by molar-refractivity contribution is -0.166. The zero-order valence-corrected chi connectivity index (χ0v) is 12.1. The predicted octanol–water partition coefficient (Wildman–Crippen LogP) is 2.59. The number of benzene rings is 1. The summed E-state index contributed by atoms with van der Waals surface area (Å²) in [6.07, 6.45) is 2.11. The van der Waals surface area contributed by atoms with Crippen LogP contribution in [-0.4, -0.2) is 32.8 Å². The second kappa shape index (κ2) is 4.81. The van der Waals surface area contributed by atoms with E-state index in [1.54, 1.807) is 4.90 Å². The van der Waals surface area contributed by atoms with Gasteiger partial charge in [0.2, 0.25) is 5.91 Å². The molecule has 2 fully saturated rings. The van der Waals surface area contributed by atoms with Crippen LogP contribution in [-0.2, 0) is 9.59 Å². The Hall–Kier alpha value is -1.49. The minimum absolute atomic E-state index is 0.000770. The van der Waals surface area contributed by atoms with Gasteiger partial charge in [0.15, 0.2) is 4.87 Å². The van der Waals surface area contributed by atoms with Gasteiger partial charge in [0.25, 0.3) is 0 Å². The number of hydrogen-bond donors (Lipinski definition) is 1. The van der Waals surface area contributed by atoms with Gasteiger partial charge in [-0.3, -0.25) is 4.79 Å². The van der Waals surface area contributed by atoms with E-state index in [0.717, 1.165) is 17.7 Å². The molecule has 0 aliphatic carbocycles. The molecule has 4 nitrogen and oxygen atoms in total. The number of carbonyl (C=O) groups excluding carboxylic acids is 1. The Morgan fingerprint density at radius 1 is 1.45 bits per heavy atom. The zero-order valence-electron chi connectivity index (χ0n) is 11.3. The van der Waals surface area contributed by atoms with Gasteiger partial charge in [0.1, 0.15) is 0 Å². The summed E-state index contributed by atoms with van der Waals surface area (Å²) >= 11 is 1.29. The van der Waals surface area contributed by atoms with E-state index in [9.17, 15) is 14.7 Å². The second-order valence-corrected chi connectivity index (χ2v) is 6.68. The highest BCUT2D eigenvalue weighted by molar-refractivity contribution is 8.01. The van der Waals surface area contributed by atoms with Crippen LogP contribution >= 0.6 is 11.8 Å². The number of nitrogens with zero attached hydrogens (tertiary/aromatic N) is 1. The second-order valence-electron chi connectivity index (χ2n) is 5.33. The minimum Gasteiger partial charge on any atom is -0.479 e. The van der Waals surface area contributed by atoms with E-state index in [-0.39, 0.29) is 17.9 Å². The third-order valence-electron chi connectivity index (χ3n) is 4.32. The summed E-state index contributed by atoms with van der Waals surface area (Å²) < 4.78 is 0. The molecule has 2 aliphatic heterocycles. The minimum atomic E-state index is -1.12. The van der Waals surface area contributed by atoms with Gasteiger partial charge in [-0.1, -0.05) is 36.9 Å². The van der Waals surface area contributed by atoms with Gasteiger partial charge >= 0.3 is 5.97 Å². The standard InChI is InChI=1S/C15H17NO3S/c1-2-11-12-8-9-15(14(18)19,16(12)13(11)17)20-10-6-4-3-5-7-10/h3-7,11-12H,2,8-9H2,1H3,(H,18,19)/t11?,12-,15?/m1/s1. The normalized spacial score (nSPS) is 31.9.